The van der Waals surface area contributed by atoms with E-state index in [1.54, 1.807) is 0 Å². The Morgan fingerprint density at radius 1 is 1.16 bits per heavy atom. The summed E-state index contributed by atoms with van der Waals surface area (Å²) in [5.74, 6) is 0.995. The lowest BCUT2D eigenvalue weighted by Crippen LogP contribution is -2.50. The molecule has 0 radical (unpaired) electrons. The lowest BCUT2D eigenvalue weighted by molar-refractivity contribution is -0.0483. The first kappa shape index (κ1) is 13.8. The topological polar surface area (TPSA) is 24.5 Å². The molecule has 0 aromatic heterocycles. The van der Waals surface area contributed by atoms with Crippen molar-refractivity contribution in [3.8, 4) is 0 Å². The van der Waals surface area contributed by atoms with Gasteiger partial charge >= 0.3 is 0 Å². The average Bonchev–Trinajstić information content (AvgIpc) is 2.93. The number of fused-ring (bicyclic) bond motifs is 1. The number of hydrogen-bond donors (Lipinski definition) is 1. The van der Waals surface area contributed by atoms with Gasteiger partial charge in [-0.3, -0.25) is 4.90 Å². The van der Waals surface area contributed by atoms with Crippen LogP contribution in [0, 0.1) is 5.92 Å². The van der Waals surface area contributed by atoms with Gasteiger partial charge in [-0.05, 0) is 51.0 Å². The third kappa shape index (κ3) is 3.50. The summed E-state index contributed by atoms with van der Waals surface area (Å²) in [6, 6.07) is 1.49. The zero-order valence-corrected chi connectivity index (χ0v) is 12.4. The fraction of sp³-hybridized carbons (Fsp3) is 1.00. The van der Waals surface area contributed by atoms with E-state index >= 15 is 0 Å². The van der Waals surface area contributed by atoms with Crippen LogP contribution in [0.2, 0.25) is 0 Å². The highest BCUT2D eigenvalue weighted by Crippen LogP contribution is 2.27. The van der Waals surface area contributed by atoms with Crippen LogP contribution in [0.15, 0.2) is 0 Å². The summed E-state index contributed by atoms with van der Waals surface area (Å²) in [6.45, 7) is 6.81. The average molecular weight is 266 g/mol. The third-order valence-corrected chi connectivity index (χ3v) is 5.52. The molecule has 0 spiro atoms. The summed E-state index contributed by atoms with van der Waals surface area (Å²) in [5.41, 5.74) is 0. The van der Waals surface area contributed by atoms with Crippen molar-refractivity contribution in [2.45, 2.75) is 70.1 Å². The molecule has 1 N–H and O–H groups in total. The second-order valence-corrected chi connectivity index (χ2v) is 6.78. The van der Waals surface area contributed by atoms with Gasteiger partial charge < -0.3 is 10.1 Å². The predicted molar refractivity (Wildman–Crippen MR) is 78.4 cm³/mol. The van der Waals surface area contributed by atoms with Gasteiger partial charge in [0.1, 0.15) is 0 Å². The van der Waals surface area contributed by atoms with Gasteiger partial charge in [0, 0.05) is 25.2 Å². The van der Waals surface area contributed by atoms with Crippen molar-refractivity contribution < 1.29 is 4.74 Å². The second-order valence-electron chi connectivity index (χ2n) is 6.78. The Morgan fingerprint density at radius 3 is 2.79 bits per heavy atom. The summed E-state index contributed by atoms with van der Waals surface area (Å²) < 4.78 is 6.02. The van der Waals surface area contributed by atoms with Crippen LogP contribution in [0.1, 0.15) is 51.9 Å². The van der Waals surface area contributed by atoms with Crippen molar-refractivity contribution >= 4 is 0 Å². The number of ether oxygens (including phenoxy) is 1. The van der Waals surface area contributed by atoms with Gasteiger partial charge in [0.15, 0.2) is 0 Å². The fourth-order valence-electron chi connectivity index (χ4n) is 4.08. The SMILES string of the molecule is CCC1CCC(NCC2CN3CCCC3CO2)CC1. The molecule has 0 aromatic rings. The molecule has 19 heavy (non-hydrogen) atoms. The predicted octanol–water partition coefficient (Wildman–Crippen LogP) is 2.41. The smallest absolute Gasteiger partial charge is 0.0827 e. The molecule has 3 nitrogen and oxygen atoms in total. The van der Waals surface area contributed by atoms with E-state index in [0.717, 1.165) is 37.7 Å². The largest absolute Gasteiger partial charge is 0.374 e. The van der Waals surface area contributed by atoms with Crippen LogP contribution >= 0.6 is 0 Å². The molecule has 0 amide bonds. The van der Waals surface area contributed by atoms with Gasteiger partial charge in [0.25, 0.3) is 0 Å². The second kappa shape index (κ2) is 6.55. The molecule has 0 bridgehead atoms. The fourth-order valence-corrected chi connectivity index (χ4v) is 4.08. The molecule has 2 heterocycles. The summed E-state index contributed by atoms with van der Waals surface area (Å²) >= 11 is 0. The maximum absolute atomic E-state index is 6.02. The Labute approximate surface area is 118 Å². The standard InChI is InChI=1S/C16H30N2O/c1-2-13-5-7-14(8-6-13)17-10-16-11-18-9-3-4-15(18)12-19-16/h13-17H,2-12H2,1H3. The minimum atomic E-state index is 0.429. The van der Waals surface area contributed by atoms with E-state index in [1.165, 1.54) is 51.5 Å². The summed E-state index contributed by atoms with van der Waals surface area (Å²) in [4.78, 5) is 2.64. The van der Waals surface area contributed by atoms with Gasteiger partial charge in [0.2, 0.25) is 0 Å². The van der Waals surface area contributed by atoms with E-state index in [9.17, 15) is 0 Å². The molecular weight excluding hydrogens is 236 g/mol. The molecule has 1 saturated carbocycles. The summed E-state index contributed by atoms with van der Waals surface area (Å²) in [6.07, 6.45) is 10.1. The first-order valence-corrected chi connectivity index (χ1v) is 8.44. The maximum atomic E-state index is 6.02. The molecule has 3 rings (SSSR count). The number of hydrogen-bond acceptors (Lipinski definition) is 3. The van der Waals surface area contributed by atoms with Gasteiger partial charge in [-0.25, -0.2) is 0 Å². The molecule has 3 fully saturated rings. The lowest BCUT2D eigenvalue weighted by atomic mass is 9.84. The lowest BCUT2D eigenvalue weighted by Gasteiger charge is -2.36. The molecule has 3 heteroatoms. The maximum Gasteiger partial charge on any atom is 0.0827 e. The van der Waals surface area contributed by atoms with Crippen LogP contribution in [-0.2, 0) is 4.74 Å². The molecule has 110 valence electrons. The minimum absolute atomic E-state index is 0.429. The number of nitrogens with zero attached hydrogens (tertiary/aromatic N) is 1. The van der Waals surface area contributed by atoms with Crippen LogP contribution in [0.3, 0.4) is 0 Å². The Hall–Kier alpha value is -0.120. The molecule has 2 saturated heterocycles. The Bertz CT molecular complexity index is 276. The number of rotatable bonds is 4. The van der Waals surface area contributed by atoms with Crippen molar-refractivity contribution in [2.75, 3.05) is 26.2 Å². The van der Waals surface area contributed by atoms with E-state index in [-0.39, 0.29) is 0 Å². The number of morpholine rings is 1. The van der Waals surface area contributed by atoms with Crippen molar-refractivity contribution in [2.24, 2.45) is 5.92 Å². The molecule has 1 aliphatic carbocycles. The third-order valence-electron chi connectivity index (χ3n) is 5.52. The van der Waals surface area contributed by atoms with Gasteiger partial charge in [-0.15, -0.1) is 0 Å². The van der Waals surface area contributed by atoms with Crippen molar-refractivity contribution in [3.05, 3.63) is 0 Å². The van der Waals surface area contributed by atoms with E-state index in [4.69, 9.17) is 4.74 Å². The molecule has 2 aliphatic heterocycles. The van der Waals surface area contributed by atoms with Gasteiger partial charge in [0.05, 0.1) is 12.7 Å². The molecular formula is C16H30N2O. The van der Waals surface area contributed by atoms with Crippen molar-refractivity contribution in [1.82, 2.24) is 10.2 Å². The van der Waals surface area contributed by atoms with Crippen LogP contribution in [0.4, 0.5) is 0 Å². The molecule has 2 atom stereocenters. The zero-order chi connectivity index (χ0) is 13.1. The first-order valence-electron chi connectivity index (χ1n) is 8.44. The van der Waals surface area contributed by atoms with Crippen LogP contribution in [-0.4, -0.2) is 49.3 Å². The molecule has 3 aliphatic rings. The highest BCUT2D eigenvalue weighted by atomic mass is 16.5. The van der Waals surface area contributed by atoms with Crippen molar-refractivity contribution in [3.63, 3.8) is 0 Å². The van der Waals surface area contributed by atoms with E-state index in [2.05, 4.69) is 17.1 Å². The Morgan fingerprint density at radius 2 is 2.00 bits per heavy atom. The quantitative estimate of drug-likeness (QED) is 0.845. The normalized spacial score (nSPS) is 40.3. The monoisotopic (exact) mass is 266 g/mol. The first-order chi connectivity index (χ1) is 9.35. The molecule has 0 aromatic carbocycles. The highest BCUT2D eigenvalue weighted by Gasteiger charge is 2.32. The van der Waals surface area contributed by atoms with Gasteiger partial charge in [-0.1, -0.05) is 13.3 Å². The molecule has 2 unspecified atom stereocenters. The number of nitrogens with one attached hydrogen (secondary N) is 1. The highest BCUT2D eigenvalue weighted by molar-refractivity contribution is 4.87. The zero-order valence-electron chi connectivity index (χ0n) is 12.4. The summed E-state index contributed by atoms with van der Waals surface area (Å²) in [5, 5.41) is 3.76. The Balaban J connectivity index is 1.36. The minimum Gasteiger partial charge on any atom is -0.374 e. The van der Waals surface area contributed by atoms with E-state index in [0.29, 0.717) is 6.10 Å². The van der Waals surface area contributed by atoms with Crippen molar-refractivity contribution in [1.29, 1.82) is 0 Å². The van der Waals surface area contributed by atoms with Crippen LogP contribution in [0.5, 0.6) is 0 Å². The van der Waals surface area contributed by atoms with Crippen LogP contribution in [0.25, 0.3) is 0 Å². The Kier molecular flexibility index (Phi) is 4.78. The van der Waals surface area contributed by atoms with Gasteiger partial charge in [-0.2, -0.15) is 0 Å². The van der Waals surface area contributed by atoms with E-state index in [1.807, 2.05) is 0 Å². The summed E-state index contributed by atoms with van der Waals surface area (Å²) in [7, 11) is 0. The van der Waals surface area contributed by atoms with E-state index < -0.39 is 0 Å². The van der Waals surface area contributed by atoms with Crippen LogP contribution < -0.4 is 5.32 Å².